The van der Waals surface area contributed by atoms with Crippen molar-refractivity contribution in [2.75, 3.05) is 32.8 Å². The molecule has 2 rings (SSSR count). The van der Waals surface area contributed by atoms with Crippen LogP contribution in [-0.4, -0.2) is 66.3 Å². The standard InChI is InChI=1S/C16H27N3O5/c1-11(2)8-17-15(23)19-6-3-4-12(9-19)13(20)18-16(14(21)22)5-7-24-10-16/h11-12H,3-10H2,1-2H3,(H,17,23)(H,18,20)(H,21,22). The number of piperidine rings is 1. The second-order valence-corrected chi connectivity index (χ2v) is 7.04. The van der Waals surface area contributed by atoms with Crippen LogP contribution in [0.4, 0.5) is 4.79 Å². The molecular formula is C16H27N3O5. The molecule has 24 heavy (non-hydrogen) atoms. The van der Waals surface area contributed by atoms with Crippen molar-refractivity contribution in [3.8, 4) is 0 Å². The lowest BCUT2D eigenvalue weighted by molar-refractivity contribution is -0.148. The van der Waals surface area contributed by atoms with Crippen LogP contribution in [0.1, 0.15) is 33.1 Å². The van der Waals surface area contributed by atoms with Gasteiger partial charge in [0.1, 0.15) is 0 Å². The molecule has 8 nitrogen and oxygen atoms in total. The summed E-state index contributed by atoms with van der Waals surface area (Å²) in [5.41, 5.74) is -1.33. The summed E-state index contributed by atoms with van der Waals surface area (Å²) < 4.78 is 5.15. The lowest BCUT2D eigenvalue weighted by atomic mass is 9.93. The second kappa shape index (κ2) is 7.83. The van der Waals surface area contributed by atoms with E-state index in [1.807, 2.05) is 13.8 Å². The van der Waals surface area contributed by atoms with Crippen molar-refractivity contribution in [2.24, 2.45) is 11.8 Å². The number of likely N-dealkylation sites (tertiary alicyclic amines) is 1. The summed E-state index contributed by atoms with van der Waals surface area (Å²) in [5, 5.41) is 14.9. The Balaban J connectivity index is 1.92. The van der Waals surface area contributed by atoms with Crippen LogP contribution < -0.4 is 10.6 Å². The third kappa shape index (κ3) is 4.37. The Labute approximate surface area is 141 Å². The quantitative estimate of drug-likeness (QED) is 0.672. The first-order valence-corrected chi connectivity index (χ1v) is 8.50. The number of hydrogen-bond acceptors (Lipinski definition) is 4. The molecular weight excluding hydrogens is 314 g/mol. The Morgan fingerprint density at radius 2 is 2.12 bits per heavy atom. The van der Waals surface area contributed by atoms with E-state index in [1.165, 1.54) is 0 Å². The minimum atomic E-state index is -1.33. The van der Waals surface area contributed by atoms with E-state index in [1.54, 1.807) is 4.90 Å². The lowest BCUT2D eigenvalue weighted by Gasteiger charge is -2.34. The normalized spacial score (nSPS) is 27.1. The third-order valence-electron chi connectivity index (χ3n) is 4.53. The molecule has 8 heteroatoms. The van der Waals surface area contributed by atoms with Crippen molar-refractivity contribution in [3.63, 3.8) is 0 Å². The van der Waals surface area contributed by atoms with Crippen molar-refractivity contribution >= 4 is 17.9 Å². The second-order valence-electron chi connectivity index (χ2n) is 7.04. The molecule has 136 valence electrons. The van der Waals surface area contributed by atoms with E-state index >= 15 is 0 Å². The molecule has 0 aliphatic carbocycles. The molecule has 2 unspecified atom stereocenters. The number of nitrogens with one attached hydrogen (secondary N) is 2. The molecule has 2 aliphatic rings. The number of carboxylic acids is 1. The van der Waals surface area contributed by atoms with Crippen LogP contribution in [0.25, 0.3) is 0 Å². The molecule has 0 radical (unpaired) electrons. The molecule has 0 aromatic heterocycles. The van der Waals surface area contributed by atoms with Crippen molar-refractivity contribution in [1.82, 2.24) is 15.5 Å². The zero-order valence-electron chi connectivity index (χ0n) is 14.3. The van der Waals surface area contributed by atoms with Gasteiger partial charge in [0.2, 0.25) is 5.91 Å². The molecule has 2 aliphatic heterocycles. The number of aliphatic carboxylic acids is 1. The van der Waals surface area contributed by atoms with E-state index in [0.29, 0.717) is 38.6 Å². The van der Waals surface area contributed by atoms with Gasteiger partial charge in [0.15, 0.2) is 5.54 Å². The zero-order valence-corrected chi connectivity index (χ0v) is 14.3. The Morgan fingerprint density at radius 3 is 2.71 bits per heavy atom. The SMILES string of the molecule is CC(C)CNC(=O)N1CCCC(C(=O)NC2(C(=O)O)CCOC2)C1. The van der Waals surface area contributed by atoms with Crippen LogP contribution >= 0.6 is 0 Å². The topological polar surface area (TPSA) is 108 Å². The fourth-order valence-corrected chi connectivity index (χ4v) is 3.00. The first-order chi connectivity index (χ1) is 11.3. The van der Waals surface area contributed by atoms with Gasteiger partial charge < -0.3 is 25.4 Å². The average Bonchev–Trinajstić information content (AvgIpc) is 3.02. The summed E-state index contributed by atoms with van der Waals surface area (Å²) in [7, 11) is 0. The lowest BCUT2D eigenvalue weighted by Crippen LogP contribution is -2.58. The smallest absolute Gasteiger partial charge is 0.331 e. The maximum absolute atomic E-state index is 12.5. The van der Waals surface area contributed by atoms with Crippen molar-refractivity contribution in [3.05, 3.63) is 0 Å². The van der Waals surface area contributed by atoms with Gasteiger partial charge in [-0.05, 0) is 18.8 Å². The maximum atomic E-state index is 12.5. The number of amides is 3. The van der Waals surface area contributed by atoms with Gasteiger partial charge in [-0.2, -0.15) is 0 Å². The monoisotopic (exact) mass is 341 g/mol. The molecule has 2 fully saturated rings. The van der Waals surface area contributed by atoms with Gasteiger partial charge in [0.05, 0.1) is 12.5 Å². The van der Waals surface area contributed by atoms with Gasteiger partial charge in [-0.25, -0.2) is 9.59 Å². The Morgan fingerprint density at radius 1 is 1.38 bits per heavy atom. The minimum absolute atomic E-state index is 0.0145. The highest BCUT2D eigenvalue weighted by molar-refractivity contribution is 5.89. The van der Waals surface area contributed by atoms with Crippen molar-refractivity contribution in [2.45, 2.75) is 38.6 Å². The summed E-state index contributed by atoms with van der Waals surface area (Å²) in [5.74, 6) is -1.42. The Kier molecular flexibility index (Phi) is 6.04. The van der Waals surface area contributed by atoms with E-state index in [9.17, 15) is 19.5 Å². The van der Waals surface area contributed by atoms with Gasteiger partial charge in [-0.3, -0.25) is 4.79 Å². The molecule has 0 aromatic carbocycles. The number of carbonyl (C=O) groups excluding carboxylic acids is 2. The van der Waals surface area contributed by atoms with E-state index in [-0.39, 0.29) is 30.9 Å². The minimum Gasteiger partial charge on any atom is -0.479 e. The largest absolute Gasteiger partial charge is 0.479 e. The molecule has 0 bridgehead atoms. The van der Waals surface area contributed by atoms with E-state index in [0.717, 1.165) is 6.42 Å². The third-order valence-corrected chi connectivity index (χ3v) is 4.53. The Bertz CT molecular complexity index is 488. The summed E-state index contributed by atoms with van der Waals surface area (Å²) in [6, 6.07) is -0.168. The van der Waals surface area contributed by atoms with Crippen molar-refractivity contribution < 1.29 is 24.2 Å². The highest BCUT2D eigenvalue weighted by atomic mass is 16.5. The molecule has 0 aromatic rings. The van der Waals surface area contributed by atoms with Crippen LogP contribution in [0.5, 0.6) is 0 Å². The van der Waals surface area contributed by atoms with Crippen LogP contribution in [0.3, 0.4) is 0 Å². The molecule has 2 saturated heterocycles. The van der Waals surface area contributed by atoms with Crippen LogP contribution in [0.15, 0.2) is 0 Å². The first-order valence-electron chi connectivity index (χ1n) is 8.50. The summed E-state index contributed by atoms with van der Waals surface area (Å²) in [6.45, 7) is 5.85. The molecule has 3 N–H and O–H groups in total. The van der Waals surface area contributed by atoms with Gasteiger partial charge in [-0.15, -0.1) is 0 Å². The number of ether oxygens (including phenoxy) is 1. The molecule has 3 amide bonds. The number of urea groups is 1. The van der Waals surface area contributed by atoms with Gasteiger partial charge >= 0.3 is 12.0 Å². The number of rotatable bonds is 5. The number of carboxylic acid groups (broad SMARTS) is 1. The maximum Gasteiger partial charge on any atom is 0.331 e. The van der Waals surface area contributed by atoms with E-state index in [4.69, 9.17) is 4.74 Å². The van der Waals surface area contributed by atoms with Crippen LogP contribution in [0, 0.1) is 11.8 Å². The first kappa shape index (κ1) is 18.5. The van der Waals surface area contributed by atoms with Crippen molar-refractivity contribution in [1.29, 1.82) is 0 Å². The predicted octanol–water partition coefficient (Wildman–Crippen LogP) is 0.424. The summed E-state index contributed by atoms with van der Waals surface area (Å²) in [6.07, 6.45) is 1.64. The van der Waals surface area contributed by atoms with Gasteiger partial charge in [0.25, 0.3) is 0 Å². The number of hydrogen-bond donors (Lipinski definition) is 3. The average molecular weight is 341 g/mol. The Hall–Kier alpha value is -1.83. The zero-order chi connectivity index (χ0) is 17.7. The molecule has 2 heterocycles. The number of nitrogens with zero attached hydrogens (tertiary/aromatic N) is 1. The fraction of sp³-hybridized carbons (Fsp3) is 0.812. The molecule has 2 atom stereocenters. The predicted molar refractivity (Wildman–Crippen MR) is 86.5 cm³/mol. The van der Waals surface area contributed by atoms with Crippen LogP contribution in [0.2, 0.25) is 0 Å². The molecule has 0 spiro atoms. The van der Waals surface area contributed by atoms with Gasteiger partial charge in [-0.1, -0.05) is 13.8 Å². The van der Waals surface area contributed by atoms with E-state index in [2.05, 4.69) is 10.6 Å². The molecule has 0 saturated carbocycles. The summed E-state index contributed by atoms with van der Waals surface area (Å²) >= 11 is 0. The van der Waals surface area contributed by atoms with E-state index < -0.39 is 11.5 Å². The highest BCUT2D eigenvalue weighted by Gasteiger charge is 2.45. The van der Waals surface area contributed by atoms with Crippen LogP contribution in [-0.2, 0) is 14.3 Å². The number of carbonyl (C=O) groups is 3. The summed E-state index contributed by atoms with van der Waals surface area (Å²) in [4.78, 5) is 37.8. The fourth-order valence-electron chi connectivity index (χ4n) is 3.00. The highest BCUT2D eigenvalue weighted by Crippen LogP contribution is 2.22. The van der Waals surface area contributed by atoms with Gasteiger partial charge in [0, 0.05) is 32.7 Å².